The first-order chi connectivity index (χ1) is 9.38. The van der Waals surface area contributed by atoms with Crippen LogP contribution in [-0.2, 0) is 14.8 Å². The van der Waals surface area contributed by atoms with Crippen molar-refractivity contribution >= 4 is 21.5 Å². The summed E-state index contributed by atoms with van der Waals surface area (Å²) in [4.78, 5) is 13.7. The van der Waals surface area contributed by atoms with Gasteiger partial charge in [-0.15, -0.1) is 0 Å². The maximum Gasteiger partial charge on any atom is 0.240 e. The van der Waals surface area contributed by atoms with Gasteiger partial charge in [0.1, 0.15) is 0 Å². The maximum absolute atomic E-state index is 12.0. The van der Waals surface area contributed by atoms with Gasteiger partial charge in [-0.2, -0.15) is 0 Å². The first kappa shape index (κ1) is 15.0. The monoisotopic (exact) mass is 296 g/mol. The number of nitrogens with one attached hydrogen (secondary N) is 1. The van der Waals surface area contributed by atoms with Crippen molar-refractivity contribution in [2.24, 2.45) is 0 Å². The van der Waals surface area contributed by atoms with Gasteiger partial charge < -0.3 is 4.90 Å². The van der Waals surface area contributed by atoms with Gasteiger partial charge in [0.05, 0.1) is 11.4 Å². The highest BCUT2D eigenvalue weighted by molar-refractivity contribution is 7.89. The SMILES string of the molecule is CC(C)NS(=O)(=O)c1ccc(N2CCCC(=O)C2)cc1. The zero-order valence-electron chi connectivity index (χ0n) is 11.8. The molecule has 5 nitrogen and oxygen atoms in total. The summed E-state index contributed by atoms with van der Waals surface area (Å²) in [5.41, 5.74) is 0.890. The van der Waals surface area contributed by atoms with Crippen LogP contribution in [0.2, 0.25) is 0 Å². The van der Waals surface area contributed by atoms with Crippen molar-refractivity contribution in [2.45, 2.75) is 37.6 Å². The van der Waals surface area contributed by atoms with Crippen LogP contribution in [0.15, 0.2) is 29.2 Å². The third kappa shape index (κ3) is 3.58. The number of hydrogen-bond acceptors (Lipinski definition) is 4. The fourth-order valence-electron chi connectivity index (χ4n) is 2.27. The van der Waals surface area contributed by atoms with Crippen molar-refractivity contribution in [1.82, 2.24) is 4.72 Å². The summed E-state index contributed by atoms with van der Waals surface area (Å²) >= 11 is 0. The molecule has 1 aromatic rings. The standard InChI is InChI=1S/C14H20N2O3S/c1-11(2)15-20(18,19)14-7-5-12(6-8-14)16-9-3-4-13(17)10-16/h5-8,11,15H,3-4,9-10H2,1-2H3. The van der Waals surface area contributed by atoms with E-state index in [2.05, 4.69) is 4.72 Å². The van der Waals surface area contributed by atoms with Gasteiger partial charge in [0.15, 0.2) is 5.78 Å². The Morgan fingerprint density at radius 3 is 2.40 bits per heavy atom. The minimum Gasteiger partial charge on any atom is -0.364 e. The van der Waals surface area contributed by atoms with Crippen molar-refractivity contribution in [3.8, 4) is 0 Å². The number of carbonyl (C=O) groups excluding carboxylic acids is 1. The largest absolute Gasteiger partial charge is 0.364 e. The first-order valence-electron chi connectivity index (χ1n) is 6.77. The third-order valence-electron chi connectivity index (χ3n) is 3.15. The number of sulfonamides is 1. The maximum atomic E-state index is 12.0. The van der Waals surface area contributed by atoms with E-state index >= 15 is 0 Å². The van der Waals surface area contributed by atoms with Crippen molar-refractivity contribution in [3.05, 3.63) is 24.3 Å². The van der Waals surface area contributed by atoms with Crippen LogP contribution in [-0.4, -0.2) is 33.3 Å². The van der Waals surface area contributed by atoms with Crippen molar-refractivity contribution in [1.29, 1.82) is 0 Å². The van der Waals surface area contributed by atoms with Gasteiger partial charge in [0.25, 0.3) is 0 Å². The minimum atomic E-state index is -3.45. The van der Waals surface area contributed by atoms with Crippen LogP contribution in [0.3, 0.4) is 0 Å². The molecule has 1 saturated heterocycles. The fraction of sp³-hybridized carbons (Fsp3) is 0.500. The predicted octanol–water partition coefficient (Wildman–Crippen LogP) is 1.54. The number of piperidine rings is 1. The number of rotatable bonds is 4. The molecule has 2 rings (SSSR count). The third-order valence-corrected chi connectivity index (χ3v) is 4.83. The van der Waals surface area contributed by atoms with Gasteiger partial charge in [0, 0.05) is 24.7 Å². The van der Waals surface area contributed by atoms with E-state index in [0.29, 0.717) is 13.0 Å². The summed E-state index contributed by atoms with van der Waals surface area (Å²) in [5.74, 6) is 0.231. The van der Waals surface area contributed by atoms with Gasteiger partial charge in [-0.1, -0.05) is 0 Å². The van der Waals surface area contributed by atoms with Crippen LogP contribution in [0.4, 0.5) is 5.69 Å². The van der Waals surface area contributed by atoms with Crippen molar-refractivity contribution in [3.63, 3.8) is 0 Å². The Kier molecular flexibility index (Phi) is 4.45. The molecule has 20 heavy (non-hydrogen) atoms. The van der Waals surface area contributed by atoms with Crippen molar-refractivity contribution in [2.75, 3.05) is 18.0 Å². The molecule has 0 unspecified atom stereocenters. The first-order valence-corrected chi connectivity index (χ1v) is 8.26. The smallest absolute Gasteiger partial charge is 0.240 e. The lowest BCUT2D eigenvalue weighted by molar-refractivity contribution is -0.118. The summed E-state index contributed by atoms with van der Waals surface area (Å²) in [7, 11) is -3.45. The lowest BCUT2D eigenvalue weighted by Crippen LogP contribution is -2.35. The van der Waals surface area contributed by atoms with Gasteiger partial charge >= 0.3 is 0 Å². The number of anilines is 1. The molecule has 0 spiro atoms. The second kappa shape index (κ2) is 5.93. The van der Waals surface area contributed by atoms with Crippen LogP contribution in [0.5, 0.6) is 0 Å². The minimum absolute atomic E-state index is 0.139. The second-order valence-electron chi connectivity index (χ2n) is 5.33. The van der Waals surface area contributed by atoms with E-state index in [1.165, 1.54) is 0 Å². The van der Waals surface area contributed by atoms with Crippen LogP contribution >= 0.6 is 0 Å². The molecule has 0 bridgehead atoms. The van der Waals surface area contributed by atoms with E-state index in [4.69, 9.17) is 0 Å². The Morgan fingerprint density at radius 1 is 1.20 bits per heavy atom. The van der Waals surface area contributed by atoms with E-state index in [0.717, 1.165) is 18.7 Å². The molecule has 0 saturated carbocycles. The molecule has 0 radical (unpaired) electrons. The van der Waals surface area contributed by atoms with E-state index < -0.39 is 10.0 Å². The molecule has 0 aliphatic carbocycles. The Balaban J connectivity index is 2.16. The molecule has 1 N–H and O–H groups in total. The Bertz CT molecular complexity index is 579. The summed E-state index contributed by atoms with van der Waals surface area (Å²) in [6, 6.07) is 6.54. The summed E-state index contributed by atoms with van der Waals surface area (Å²) in [6.07, 6.45) is 1.50. The Morgan fingerprint density at radius 2 is 1.85 bits per heavy atom. The van der Waals surface area contributed by atoms with Gasteiger partial charge in [-0.3, -0.25) is 4.79 Å². The molecule has 6 heteroatoms. The highest BCUT2D eigenvalue weighted by Gasteiger charge is 2.19. The molecule has 1 aromatic carbocycles. The lowest BCUT2D eigenvalue weighted by atomic mass is 10.1. The zero-order chi connectivity index (χ0) is 14.8. The molecule has 0 amide bonds. The van der Waals surface area contributed by atoms with E-state index in [1.54, 1.807) is 38.1 Å². The summed E-state index contributed by atoms with van der Waals surface area (Å²) < 4.78 is 26.6. The van der Waals surface area contributed by atoms with E-state index in [-0.39, 0.29) is 16.7 Å². The molecular weight excluding hydrogens is 276 g/mol. The summed E-state index contributed by atoms with van der Waals surface area (Å²) in [5, 5.41) is 0. The highest BCUT2D eigenvalue weighted by Crippen LogP contribution is 2.20. The molecule has 0 aromatic heterocycles. The highest BCUT2D eigenvalue weighted by atomic mass is 32.2. The number of hydrogen-bond donors (Lipinski definition) is 1. The fourth-order valence-corrected chi connectivity index (χ4v) is 3.52. The molecule has 1 aliphatic heterocycles. The Hall–Kier alpha value is -1.40. The van der Waals surface area contributed by atoms with Gasteiger partial charge in [-0.05, 0) is 44.5 Å². The molecule has 110 valence electrons. The molecule has 0 atom stereocenters. The molecular formula is C14H20N2O3S. The normalized spacial score (nSPS) is 16.8. The number of Topliss-reactive ketones (excluding diaryl/α,β-unsaturated/α-hetero) is 1. The second-order valence-corrected chi connectivity index (χ2v) is 7.05. The number of ketones is 1. The summed E-state index contributed by atoms with van der Waals surface area (Å²) in [6.45, 7) is 4.81. The van der Waals surface area contributed by atoms with Crippen LogP contribution in [0.25, 0.3) is 0 Å². The van der Waals surface area contributed by atoms with Crippen molar-refractivity contribution < 1.29 is 13.2 Å². The van der Waals surface area contributed by atoms with Crippen LogP contribution in [0, 0.1) is 0 Å². The molecule has 1 fully saturated rings. The van der Waals surface area contributed by atoms with E-state index in [1.807, 2.05) is 4.90 Å². The lowest BCUT2D eigenvalue weighted by Gasteiger charge is -2.28. The molecule has 1 aliphatic rings. The average Bonchev–Trinajstić information content (AvgIpc) is 2.37. The van der Waals surface area contributed by atoms with Gasteiger partial charge in [-0.25, -0.2) is 13.1 Å². The van der Waals surface area contributed by atoms with E-state index in [9.17, 15) is 13.2 Å². The zero-order valence-corrected chi connectivity index (χ0v) is 12.6. The average molecular weight is 296 g/mol. The topological polar surface area (TPSA) is 66.5 Å². The Labute approximate surface area is 120 Å². The predicted molar refractivity (Wildman–Crippen MR) is 78.4 cm³/mol. The van der Waals surface area contributed by atoms with Gasteiger partial charge in [0.2, 0.25) is 10.0 Å². The van der Waals surface area contributed by atoms with Crippen LogP contribution < -0.4 is 9.62 Å². The van der Waals surface area contributed by atoms with Crippen LogP contribution in [0.1, 0.15) is 26.7 Å². The molecule has 1 heterocycles. The number of carbonyl (C=O) groups is 1. The number of benzene rings is 1. The quantitative estimate of drug-likeness (QED) is 0.915. The number of nitrogens with zero attached hydrogens (tertiary/aromatic N) is 1.